The van der Waals surface area contributed by atoms with Crippen molar-refractivity contribution in [2.45, 2.75) is 0 Å². The Morgan fingerprint density at radius 1 is 0.692 bits per heavy atom. The quantitative estimate of drug-likeness (QED) is 0.676. The van der Waals surface area contributed by atoms with E-state index in [-0.39, 0.29) is 21.1 Å². The smallest absolute Gasteiger partial charge is 0.394 e. The van der Waals surface area contributed by atoms with Crippen molar-refractivity contribution >= 4 is 0 Å². The van der Waals surface area contributed by atoms with Crippen molar-refractivity contribution in [3.05, 3.63) is 61.2 Å². The molecule has 0 spiro atoms. The average Bonchev–Trinajstić information content (AvgIpc) is 2.24. The minimum absolute atomic E-state index is 0. The van der Waals surface area contributed by atoms with Gasteiger partial charge in [0.2, 0.25) is 0 Å². The van der Waals surface area contributed by atoms with Gasteiger partial charge in [-0.05, 0) is 0 Å². The molecule has 0 fully saturated rings. The van der Waals surface area contributed by atoms with Crippen LogP contribution in [-0.4, -0.2) is 9.97 Å². The van der Waals surface area contributed by atoms with E-state index in [1.54, 1.807) is 24.5 Å². The van der Waals surface area contributed by atoms with Gasteiger partial charge < -0.3 is 9.97 Å². The largest absolute Gasteiger partial charge is 2.00 e. The zero-order valence-electron chi connectivity index (χ0n) is 6.83. The summed E-state index contributed by atoms with van der Waals surface area (Å²) in [5.74, 6) is 0. The molecule has 0 saturated heterocycles. The van der Waals surface area contributed by atoms with Gasteiger partial charge in [0.25, 0.3) is 0 Å². The molecular weight excluding hydrogens is 343 g/mol. The van der Waals surface area contributed by atoms with Crippen LogP contribution in [-0.2, 0) is 21.1 Å². The fourth-order valence-electron chi connectivity index (χ4n) is 0.555. The first-order valence-electron chi connectivity index (χ1n) is 3.54. The summed E-state index contributed by atoms with van der Waals surface area (Å²) in [6.45, 7) is 0. The van der Waals surface area contributed by atoms with Crippen LogP contribution in [0.3, 0.4) is 0 Å². The van der Waals surface area contributed by atoms with Gasteiger partial charge in [-0.15, -0.1) is 0 Å². The number of pyridine rings is 2. The molecule has 0 aromatic carbocycles. The van der Waals surface area contributed by atoms with E-state index in [2.05, 4.69) is 22.4 Å². The van der Waals surface area contributed by atoms with Crippen LogP contribution >= 0.6 is 0 Å². The van der Waals surface area contributed by atoms with Crippen molar-refractivity contribution in [3.8, 4) is 0 Å². The molecule has 0 unspecified atom stereocenters. The first kappa shape index (κ1) is 12.0. The summed E-state index contributed by atoms with van der Waals surface area (Å²) in [6, 6.07) is 11.0. The first-order valence-corrected chi connectivity index (χ1v) is 3.54. The molecule has 0 saturated carbocycles. The standard InChI is InChI=1S/2C5H4N.Pt/c2*1-2-4-6-5-3-1;/h2*1-4H;/q2*-1;+2. The van der Waals surface area contributed by atoms with E-state index in [1.807, 2.05) is 24.3 Å². The second-order valence-corrected chi connectivity index (χ2v) is 1.92. The Morgan fingerprint density at radius 2 is 1.15 bits per heavy atom. The summed E-state index contributed by atoms with van der Waals surface area (Å²) < 4.78 is 0. The van der Waals surface area contributed by atoms with E-state index in [9.17, 15) is 0 Å². The van der Waals surface area contributed by atoms with Gasteiger partial charge in [0.05, 0.1) is 0 Å². The maximum atomic E-state index is 3.66. The van der Waals surface area contributed by atoms with Gasteiger partial charge >= 0.3 is 21.1 Å². The van der Waals surface area contributed by atoms with Crippen LogP contribution in [0.1, 0.15) is 0 Å². The Bertz CT molecular complexity index is 188. The molecule has 68 valence electrons. The third-order valence-corrected chi connectivity index (χ3v) is 1.03. The Balaban J connectivity index is 0.000000206. The van der Waals surface area contributed by atoms with E-state index >= 15 is 0 Å². The third kappa shape index (κ3) is 7.35. The second kappa shape index (κ2) is 9.08. The van der Waals surface area contributed by atoms with Crippen molar-refractivity contribution in [1.82, 2.24) is 9.97 Å². The zero-order chi connectivity index (χ0) is 8.49. The summed E-state index contributed by atoms with van der Waals surface area (Å²) in [5.41, 5.74) is 0. The Hall–Kier alpha value is -1.01. The molecule has 2 heterocycles. The number of aromatic nitrogens is 2. The zero-order valence-corrected chi connectivity index (χ0v) is 9.10. The Morgan fingerprint density at radius 3 is 1.23 bits per heavy atom. The summed E-state index contributed by atoms with van der Waals surface area (Å²) in [7, 11) is 0. The fraction of sp³-hybridized carbons (Fsp3) is 0. The first-order chi connectivity index (χ1) is 6.00. The normalized spacial score (nSPS) is 7.38. The Kier molecular flexibility index (Phi) is 8.37. The molecule has 0 amide bonds. The fourth-order valence-corrected chi connectivity index (χ4v) is 0.555. The molecule has 2 nitrogen and oxygen atoms in total. The monoisotopic (exact) mass is 351 g/mol. The molecule has 0 bridgehead atoms. The maximum Gasteiger partial charge on any atom is 2.00 e. The topological polar surface area (TPSA) is 25.8 Å². The Labute approximate surface area is 92.3 Å². The maximum absolute atomic E-state index is 3.66. The van der Waals surface area contributed by atoms with Crippen molar-refractivity contribution < 1.29 is 21.1 Å². The number of hydrogen-bond acceptors (Lipinski definition) is 2. The summed E-state index contributed by atoms with van der Waals surface area (Å²) >= 11 is 0. The van der Waals surface area contributed by atoms with Crippen LogP contribution in [0.25, 0.3) is 0 Å². The summed E-state index contributed by atoms with van der Waals surface area (Å²) in [5, 5.41) is 0. The predicted molar refractivity (Wildman–Crippen MR) is 46.1 cm³/mol. The van der Waals surface area contributed by atoms with Gasteiger partial charge in [-0.3, -0.25) is 0 Å². The van der Waals surface area contributed by atoms with Crippen LogP contribution in [0.5, 0.6) is 0 Å². The van der Waals surface area contributed by atoms with E-state index in [0.717, 1.165) is 0 Å². The predicted octanol–water partition coefficient (Wildman–Crippen LogP) is 1.76. The minimum Gasteiger partial charge on any atom is -0.394 e. The van der Waals surface area contributed by atoms with Gasteiger partial charge in [0.15, 0.2) is 0 Å². The second-order valence-electron chi connectivity index (χ2n) is 1.92. The van der Waals surface area contributed by atoms with Gasteiger partial charge in [-0.1, -0.05) is 24.8 Å². The van der Waals surface area contributed by atoms with E-state index < -0.39 is 0 Å². The van der Waals surface area contributed by atoms with Crippen LogP contribution in [0.15, 0.2) is 48.8 Å². The van der Waals surface area contributed by atoms with Crippen LogP contribution in [0, 0.1) is 12.4 Å². The van der Waals surface area contributed by atoms with Crippen molar-refractivity contribution in [3.63, 3.8) is 0 Å². The molecule has 0 N–H and O–H groups in total. The van der Waals surface area contributed by atoms with Crippen molar-refractivity contribution in [2.24, 2.45) is 0 Å². The van der Waals surface area contributed by atoms with Crippen LogP contribution < -0.4 is 0 Å². The summed E-state index contributed by atoms with van der Waals surface area (Å²) in [6.07, 6.45) is 8.67. The SMILES string of the molecule is [Pt+2].[c-]1ccccn1.[c-]1ccccn1. The minimum atomic E-state index is 0. The number of hydrogen-bond donors (Lipinski definition) is 0. The van der Waals surface area contributed by atoms with Gasteiger partial charge in [-0.25, -0.2) is 0 Å². The average molecular weight is 351 g/mol. The van der Waals surface area contributed by atoms with Gasteiger partial charge in [0, 0.05) is 0 Å². The molecule has 3 heteroatoms. The molecule has 0 radical (unpaired) electrons. The van der Waals surface area contributed by atoms with E-state index in [1.165, 1.54) is 0 Å². The number of rotatable bonds is 0. The van der Waals surface area contributed by atoms with E-state index in [0.29, 0.717) is 0 Å². The van der Waals surface area contributed by atoms with Crippen molar-refractivity contribution in [1.29, 1.82) is 0 Å². The molecule has 0 aliphatic heterocycles. The van der Waals surface area contributed by atoms with Gasteiger partial charge in [0.1, 0.15) is 0 Å². The van der Waals surface area contributed by atoms with E-state index in [4.69, 9.17) is 0 Å². The third-order valence-electron chi connectivity index (χ3n) is 1.03. The molecule has 0 aliphatic rings. The molecule has 2 rings (SSSR count). The molecule has 2 aromatic heterocycles. The van der Waals surface area contributed by atoms with Crippen LogP contribution in [0.4, 0.5) is 0 Å². The van der Waals surface area contributed by atoms with Crippen molar-refractivity contribution in [2.75, 3.05) is 0 Å². The molecule has 2 aromatic rings. The molecule has 0 aliphatic carbocycles. The van der Waals surface area contributed by atoms with Gasteiger partial charge in [-0.2, -0.15) is 36.4 Å². The number of nitrogens with zero attached hydrogens (tertiary/aromatic N) is 2. The van der Waals surface area contributed by atoms with Crippen LogP contribution in [0.2, 0.25) is 0 Å². The summed E-state index contributed by atoms with van der Waals surface area (Å²) in [4.78, 5) is 7.32. The molecule has 0 atom stereocenters. The molecular formula is C10H8N2Pt. The molecule has 13 heavy (non-hydrogen) atoms.